The lowest BCUT2D eigenvalue weighted by Gasteiger charge is -2.07. The Bertz CT molecular complexity index is 547. The number of anilines is 1. The fourth-order valence-corrected chi connectivity index (χ4v) is 1.93. The van der Waals surface area contributed by atoms with Crippen molar-refractivity contribution >= 4 is 5.69 Å². The lowest BCUT2D eigenvalue weighted by atomic mass is 10.1. The summed E-state index contributed by atoms with van der Waals surface area (Å²) < 4.78 is 7.42. The summed E-state index contributed by atoms with van der Waals surface area (Å²) in [6.07, 6.45) is 1.42. The monoisotopic (exact) mass is 261 g/mol. The molecule has 0 unspecified atom stereocenters. The van der Waals surface area contributed by atoms with Crippen LogP contribution in [0.2, 0.25) is 0 Å². The smallest absolute Gasteiger partial charge is 0.241 e. The number of nitrogens with two attached hydrogens (primary N) is 1. The van der Waals surface area contributed by atoms with Gasteiger partial charge in [-0.2, -0.15) is 5.10 Å². The maximum Gasteiger partial charge on any atom is 0.241 e. The number of benzene rings is 1. The molecule has 19 heavy (non-hydrogen) atoms. The maximum absolute atomic E-state index is 8.87. The number of ether oxygens (including phenoxy) is 1. The Morgan fingerprint density at radius 3 is 2.53 bits per heavy atom. The van der Waals surface area contributed by atoms with Crippen LogP contribution in [0.5, 0.6) is 11.6 Å². The number of aliphatic hydroxyl groups is 1. The molecule has 0 bridgehead atoms. The van der Waals surface area contributed by atoms with E-state index in [2.05, 4.69) is 5.10 Å². The molecule has 0 atom stereocenters. The van der Waals surface area contributed by atoms with E-state index in [1.54, 1.807) is 4.68 Å². The minimum Gasteiger partial charge on any atom is -0.437 e. The van der Waals surface area contributed by atoms with E-state index in [1.165, 1.54) is 0 Å². The molecular weight excluding hydrogens is 242 g/mol. The number of hydrogen-bond donors (Lipinski definition) is 2. The molecule has 1 heterocycles. The van der Waals surface area contributed by atoms with Gasteiger partial charge in [-0.05, 0) is 30.5 Å². The maximum atomic E-state index is 8.87. The minimum absolute atomic E-state index is 0.148. The van der Waals surface area contributed by atoms with Crippen LogP contribution in [0.1, 0.15) is 18.2 Å². The Balaban J connectivity index is 2.19. The van der Waals surface area contributed by atoms with E-state index in [9.17, 15) is 0 Å². The number of aromatic nitrogens is 2. The summed E-state index contributed by atoms with van der Waals surface area (Å²) in [5.74, 6) is 1.27. The molecule has 2 rings (SSSR count). The lowest BCUT2D eigenvalue weighted by molar-refractivity contribution is 0.299. The van der Waals surface area contributed by atoms with E-state index in [1.807, 2.05) is 38.2 Å². The quantitative estimate of drug-likeness (QED) is 0.862. The minimum atomic E-state index is 0.148. The molecule has 0 amide bonds. The van der Waals surface area contributed by atoms with Gasteiger partial charge in [0.2, 0.25) is 5.88 Å². The zero-order valence-electron chi connectivity index (χ0n) is 11.3. The van der Waals surface area contributed by atoms with Gasteiger partial charge in [0.05, 0.1) is 5.69 Å². The number of nitrogens with zero attached hydrogens (tertiary/aromatic N) is 2. The van der Waals surface area contributed by atoms with Crippen LogP contribution in [0.25, 0.3) is 0 Å². The number of hydrogen-bond acceptors (Lipinski definition) is 4. The van der Waals surface area contributed by atoms with E-state index in [4.69, 9.17) is 15.6 Å². The van der Waals surface area contributed by atoms with Crippen molar-refractivity contribution in [3.05, 3.63) is 35.5 Å². The summed E-state index contributed by atoms with van der Waals surface area (Å²) in [5, 5.41) is 13.2. The van der Waals surface area contributed by atoms with Gasteiger partial charge in [-0.1, -0.05) is 19.1 Å². The van der Waals surface area contributed by atoms with E-state index < -0.39 is 0 Å². The predicted molar refractivity (Wildman–Crippen MR) is 74.3 cm³/mol. The normalized spacial score (nSPS) is 10.7. The highest BCUT2D eigenvalue weighted by Crippen LogP contribution is 2.29. The molecule has 1 aromatic heterocycles. The molecule has 102 valence electrons. The van der Waals surface area contributed by atoms with Crippen molar-refractivity contribution in [1.29, 1.82) is 0 Å². The van der Waals surface area contributed by atoms with Gasteiger partial charge in [0, 0.05) is 13.7 Å². The van der Waals surface area contributed by atoms with Crippen molar-refractivity contribution in [3.63, 3.8) is 0 Å². The van der Waals surface area contributed by atoms with Crippen LogP contribution in [-0.2, 0) is 19.9 Å². The van der Waals surface area contributed by atoms with E-state index in [0.717, 1.165) is 17.7 Å². The first-order valence-corrected chi connectivity index (χ1v) is 6.34. The average Bonchev–Trinajstić information content (AvgIpc) is 2.68. The van der Waals surface area contributed by atoms with Crippen molar-refractivity contribution in [1.82, 2.24) is 9.78 Å². The predicted octanol–water partition coefficient (Wildman–Crippen LogP) is 1.89. The molecule has 0 aliphatic rings. The summed E-state index contributed by atoms with van der Waals surface area (Å²) in [4.78, 5) is 0. The van der Waals surface area contributed by atoms with Gasteiger partial charge in [-0.3, -0.25) is 0 Å². The fourth-order valence-electron chi connectivity index (χ4n) is 1.93. The highest BCUT2D eigenvalue weighted by Gasteiger charge is 2.13. The zero-order valence-corrected chi connectivity index (χ0v) is 11.3. The number of rotatable bonds is 5. The fraction of sp³-hybridized carbons (Fsp3) is 0.357. The van der Waals surface area contributed by atoms with Crippen LogP contribution in [0, 0.1) is 0 Å². The Kier molecular flexibility index (Phi) is 4.06. The third kappa shape index (κ3) is 2.88. The Labute approximate surface area is 112 Å². The standard InChI is InChI=1S/C14H19N3O2/c1-3-12-13(15)14(17(2)16-12)19-11-6-4-10(5-7-11)8-9-18/h4-7,18H,3,8-9,15H2,1-2H3. The third-order valence-electron chi connectivity index (χ3n) is 2.98. The summed E-state index contributed by atoms with van der Waals surface area (Å²) in [7, 11) is 1.81. The van der Waals surface area contributed by atoms with Gasteiger partial charge < -0.3 is 15.6 Å². The molecule has 1 aromatic carbocycles. The van der Waals surface area contributed by atoms with Crippen LogP contribution in [0.15, 0.2) is 24.3 Å². The van der Waals surface area contributed by atoms with Crippen LogP contribution in [0.3, 0.4) is 0 Å². The molecule has 3 N–H and O–H groups in total. The molecular formula is C14H19N3O2. The summed E-state index contributed by atoms with van der Waals surface area (Å²) >= 11 is 0. The van der Waals surface area contributed by atoms with Crippen molar-refractivity contribution in [3.8, 4) is 11.6 Å². The van der Waals surface area contributed by atoms with Crippen molar-refractivity contribution in [2.24, 2.45) is 7.05 Å². The second-order valence-electron chi connectivity index (χ2n) is 4.36. The molecule has 2 aromatic rings. The van der Waals surface area contributed by atoms with Crippen LogP contribution < -0.4 is 10.5 Å². The second-order valence-corrected chi connectivity index (χ2v) is 4.36. The first-order chi connectivity index (χ1) is 9.15. The number of nitrogen functional groups attached to an aromatic ring is 1. The highest BCUT2D eigenvalue weighted by molar-refractivity contribution is 5.54. The Morgan fingerprint density at radius 1 is 1.32 bits per heavy atom. The first kappa shape index (κ1) is 13.4. The van der Waals surface area contributed by atoms with Gasteiger partial charge in [-0.25, -0.2) is 4.68 Å². The third-order valence-corrected chi connectivity index (χ3v) is 2.98. The average molecular weight is 261 g/mol. The molecule has 0 aliphatic heterocycles. The first-order valence-electron chi connectivity index (χ1n) is 6.34. The molecule has 0 aliphatic carbocycles. The van der Waals surface area contributed by atoms with Gasteiger partial charge in [0.15, 0.2) is 0 Å². The number of aryl methyl sites for hydroxylation is 2. The Hall–Kier alpha value is -2.01. The summed E-state index contributed by atoms with van der Waals surface area (Å²) in [5.41, 5.74) is 8.50. The van der Waals surface area contributed by atoms with Gasteiger partial charge >= 0.3 is 0 Å². The molecule has 0 spiro atoms. The Morgan fingerprint density at radius 2 is 2.00 bits per heavy atom. The van der Waals surface area contributed by atoms with Crippen LogP contribution >= 0.6 is 0 Å². The van der Waals surface area contributed by atoms with E-state index in [0.29, 0.717) is 23.7 Å². The molecule has 5 nitrogen and oxygen atoms in total. The van der Waals surface area contributed by atoms with Crippen molar-refractivity contribution in [2.75, 3.05) is 12.3 Å². The van der Waals surface area contributed by atoms with Crippen LogP contribution in [0.4, 0.5) is 5.69 Å². The molecule has 5 heteroatoms. The molecule has 0 saturated carbocycles. The summed E-state index contributed by atoms with van der Waals surface area (Å²) in [6, 6.07) is 7.59. The van der Waals surface area contributed by atoms with Crippen LogP contribution in [-0.4, -0.2) is 21.5 Å². The lowest BCUT2D eigenvalue weighted by Crippen LogP contribution is -1.97. The topological polar surface area (TPSA) is 73.3 Å². The highest BCUT2D eigenvalue weighted by atomic mass is 16.5. The van der Waals surface area contributed by atoms with Gasteiger partial charge in [0.1, 0.15) is 11.4 Å². The SMILES string of the molecule is CCc1nn(C)c(Oc2ccc(CCO)cc2)c1N. The molecule has 0 fully saturated rings. The molecule has 0 saturated heterocycles. The molecule has 0 radical (unpaired) electrons. The van der Waals surface area contributed by atoms with Crippen molar-refractivity contribution in [2.45, 2.75) is 19.8 Å². The summed E-state index contributed by atoms with van der Waals surface area (Å²) in [6.45, 7) is 2.15. The largest absolute Gasteiger partial charge is 0.437 e. The van der Waals surface area contributed by atoms with E-state index in [-0.39, 0.29) is 6.61 Å². The second kappa shape index (κ2) is 5.75. The van der Waals surface area contributed by atoms with E-state index >= 15 is 0 Å². The van der Waals surface area contributed by atoms with Crippen molar-refractivity contribution < 1.29 is 9.84 Å². The van der Waals surface area contributed by atoms with Gasteiger partial charge in [-0.15, -0.1) is 0 Å². The number of aliphatic hydroxyl groups excluding tert-OH is 1. The van der Waals surface area contributed by atoms with Gasteiger partial charge in [0.25, 0.3) is 0 Å². The zero-order chi connectivity index (χ0) is 13.8.